The molecule has 6 heteroatoms. The number of nitrogens with one attached hydrogen (secondary N) is 1. The van der Waals surface area contributed by atoms with Crippen molar-refractivity contribution in [2.45, 2.75) is 6.54 Å². The first kappa shape index (κ1) is 18.9. The lowest BCUT2D eigenvalue weighted by atomic mass is 10.2. The molecular weight excluding hydrogens is 396 g/mol. The molecule has 5 rings (SSSR count). The third-order valence-electron chi connectivity index (χ3n) is 5.21. The average molecular weight is 413 g/mol. The topological polar surface area (TPSA) is 46.9 Å². The Labute approximate surface area is 176 Å². The Kier molecular flexibility index (Phi) is 4.67. The summed E-state index contributed by atoms with van der Waals surface area (Å²) in [5.74, 6) is -1.10. The molecule has 0 bridgehead atoms. The van der Waals surface area contributed by atoms with E-state index in [9.17, 15) is 13.6 Å². The van der Waals surface area contributed by atoms with Gasteiger partial charge in [-0.1, -0.05) is 30.3 Å². The molecule has 0 aliphatic heterocycles. The molecule has 4 nitrogen and oxygen atoms in total. The summed E-state index contributed by atoms with van der Waals surface area (Å²) < 4.78 is 29.3. The molecule has 0 atom stereocenters. The normalized spacial score (nSPS) is 11.2. The van der Waals surface area contributed by atoms with Crippen molar-refractivity contribution < 1.29 is 13.6 Å². The van der Waals surface area contributed by atoms with Crippen molar-refractivity contribution in [3.63, 3.8) is 0 Å². The third-order valence-corrected chi connectivity index (χ3v) is 5.21. The molecule has 0 fully saturated rings. The fourth-order valence-corrected chi connectivity index (χ4v) is 3.81. The lowest BCUT2D eigenvalue weighted by molar-refractivity contribution is 0.101. The maximum Gasteiger partial charge on any atom is 0.272 e. The number of carbonyl (C=O) groups is 1. The van der Waals surface area contributed by atoms with E-state index in [1.807, 2.05) is 24.3 Å². The molecule has 1 amide bonds. The Balaban J connectivity index is 1.58. The van der Waals surface area contributed by atoms with E-state index in [4.69, 9.17) is 0 Å². The number of amides is 1. The zero-order valence-electron chi connectivity index (χ0n) is 16.3. The average Bonchev–Trinajstić information content (AvgIpc) is 3.11. The molecule has 2 aromatic heterocycles. The van der Waals surface area contributed by atoms with Gasteiger partial charge in [0.2, 0.25) is 0 Å². The van der Waals surface area contributed by atoms with Crippen molar-refractivity contribution in [2.75, 3.05) is 5.32 Å². The minimum absolute atomic E-state index is 0.267. The number of fused-ring (bicyclic) bond motifs is 2. The molecule has 0 spiro atoms. The number of rotatable bonds is 4. The molecule has 152 valence electrons. The van der Waals surface area contributed by atoms with Gasteiger partial charge in [0.1, 0.15) is 17.3 Å². The lowest BCUT2D eigenvalue weighted by Gasteiger charge is -2.12. The second-order valence-electron chi connectivity index (χ2n) is 7.28. The van der Waals surface area contributed by atoms with Gasteiger partial charge in [-0.05, 0) is 54.1 Å². The van der Waals surface area contributed by atoms with E-state index >= 15 is 0 Å². The highest BCUT2D eigenvalue weighted by Crippen LogP contribution is 2.25. The number of carbonyl (C=O) groups excluding carboxylic acids is 1. The second-order valence-corrected chi connectivity index (χ2v) is 7.28. The summed E-state index contributed by atoms with van der Waals surface area (Å²) >= 11 is 0. The van der Waals surface area contributed by atoms with Crippen molar-refractivity contribution in [3.8, 4) is 0 Å². The van der Waals surface area contributed by atoms with E-state index in [0.717, 1.165) is 5.39 Å². The Morgan fingerprint density at radius 2 is 1.68 bits per heavy atom. The largest absolute Gasteiger partial charge is 0.332 e. The number of anilines is 1. The van der Waals surface area contributed by atoms with Gasteiger partial charge < -0.3 is 9.88 Å². The van der Waals surface area contributed by atoms with Gasteiger partial charge in [0, 0.05) is 29.0 Å². The van der Waals surface area contributed by atoms with Gasteiger partial charge in [-0.3, -0.25) is 9.78 Å². The molecule has 0 saturated carbocycles. The highest BCUT2D eigenvalue weighted by Gasteiger charge is 2.18. The number of para-hydroxylation sites is 1. The van der Waals surface area contributed by atoms with Crippen molar-refractivity contribution in [1.82, 2.24) is 9.55 Å². The highest BCUT2D eigenvalue weighted by atomic mass is 19.1. The van der Waals surface area contributed by atoms with Gasteiger partial charge in [0.15, 0.2) is 0 Å². The molecule has 0 saturated heterocycles. The lowest BCUT2D eigenvalue weighted by Crippen LogP contribution is -2.18. The van der Waals surface area contributed by atoms with Crippen LogP contribution in [0.4, 0.5) is 14.5 Å². The van der Waals surface area contributed by atoms with E-state index in [1.165, 1.54) is 24.3 Å². The summed E-state index contributed by atoms with van der Waals surface area (Å²) in [6.07, 6.45) is 1.67. The highest BCUT2D eigenvalue weighted by molar-refractivity contribution is 6.09. The van der Waals surface area contributed by atoms with Crippen LogP contribution in [0.25, 0.3) is 21.8 Å². The summed E-state index contributed by atoms with van der Waals surface area (Å²) in [7, 11) is 0. The molecule has 5 aromatic rings. The summed E-state index contributed by atoms with van der Waals surface area (Å²) in [5.41, 5.74) is 2.99. The minimum atomic E-state index is -0.388. The molecule has 0 radical (unpaired) electrons. The van der Waals surface area contributed by atoms with Crippen molar-refractivity contribution in [1.29, 1.82) is 0 Å². The first-order chi connectivity index (χ1) is 15.1. The molecule has 1 N–H and O–H groups in total. The number of hydrogen-bond donors (Lipinski definition) is 1. The molecule has 0 aliphatic carbocycles. The number of pyridine rings is 1. The fraction of sp³-hybridized carbons (Fsp3) is 0.0400. The fourth-order valence-electron chi connectivity index (χ4n) is 3.81. The van der Waals surface area contributed by atoms with Crippen LogP contribution in [0.1, 0.15) is 16.1 Å². The van der Waals surface area contributed by atoms with Crippen LogP contribution < -0.4 is 5.32 Å². The predicted molar refractivity (Wildman–Crippen MR) is 117 cm³/mol. The Morgan fingerprint density at radius 1 is 0.871 bits per heavy atom. The first-order valence-electron chi connectivity index (χ1n) is 9.77. The van der Waals surface area contributed by atoms with Crippen LogP contribution >= 0.6 is 0 Å². The zero-order chi connectivity index (χ0) is 21.4. The number of benzene rings is 3. The van der Waals surface area contributed by atoms with Crippen LogP contribution in [0.2, 0.25) is 0 Å². The van der Waals surface area contributed by atoms with E-state index in [1.54, 1.807) is 41.1 Å². The van der Waals surface area contributed by atoms with Crippen molar-refractivity contribution >= 4 is 33.4 Å². The van der Waals surface area contributed by atoms with E-state index in [2.05, 4.69) is 10.3 Å². The quantitative estimate of drug-likeness (QED) is 0.407. The van der Waals surface area contributed by atoms with Crippen molar-refractivity contribution in [3.05, 3.63) is 108 Å². The van der Waals surface area contributed by atoms with Crippen molar-refractivity contribution in [2.24, 2.45) is 0 Å². The van der Waals surface area contributed by atoms with Crippen LogP contribution in [0, 0.1) is 11.6 Å². The van der Waals surface area contributed by atoms with E-state index in [-0.39, 0.29) is 24.1 Å². The van der Waals surface area contributed by atoms with Crippen LogP contribution in [0.15, 0.2) is 85.1 Å². The number of aromatic nitrogens is 2. The van der Waals surface area contributed by atoms with Crippen LogP contribution in [0.3, 0.4) is 0 Å². The number of nitrogens with zero attached hydrogens (tertiary/aromatic N) is 2. The summed E-state index contributed by atoms with van der Waals surface area (Å²) in [4.78, 5) is 17.6. The molecule has 0 aliphatic rings. The van der Waals surface area contributed by atoms with Crippen LogP contribution in [-0.2, 0) is 6.54 Å². The minimum Gasteiger partial charge on any atom is -0.332 e. The SMILES string of the molecule is O=C(Nc1cccc2cccnc12)c1cc2cc(F)ccc2n1Cc1cccc(F)c1. The van der Waals surface area contributed by atoms with E-state index < -0.39 is 0 Å². The first-order valence-corrected chi connectivity index (χ1v) is 9.77. The Bertz CT molecular complexity index is 1440. The standard InChI is InChI=1S/C25H17F2N3O/c26-19-7-1-4-16(12-19)15-30-22-10-9-20(27)13-18(22)14-23(30)25(31)29-21-8-2-5-17-6-3-11-28-24(17)21/h1-14H,15H2,(H,29,31). The molecule has 31 heavy (non-hydrogen) atoms. The Morgan fingerprint density at radius 3 is 2.55 bits per heavy atom. The van der Waals surface area contributed by atoms with Crippen LogP contribution in [0.5, 0.6) is 0 Å². The van der Waals surface area contributed by atoms with Crippen LogP contribution in [-0.4, -0.2) is 15.5 Å². The summed E-state index contributed by atoms with van der Waals surface area (Å²) in [6, 6.07) is 21.5. The molecular formula is C25H17F2N3O. The zero-order valence-corrected chi connectivity index (χ0v) is 16.3. The van der Waals surface area contributed by atoms with Gasteiger partial charge in [-0.15, -0.1) is 0 Å². The number of halogens is 2. The van der Waals surface area contributed by atoms with Gasteiger partial charge in [0.25, 0.3) is 5.91 Å². The third kappa shape index (κ3) is 3.64. The second kappa shape index (κ2) is 7.65. The summed E-state index contributed by atoms with van der Waals surface area (Å²) in [6.45, 7) is 0.267. The van der Waals surface area contributed by atoms with E-state index in [0.29, 0.717) is 33.4 Å². The number of hydrogen-bond acceptors (Lipinski definition) is 2. The molecule has 3 aromatic carbocycles. The van der Waals surface area contributed by atoms with Gasteiger partial charge in [0.05, 0.1) is 11.2 Å². The monoisotopic (exact) mass is 413 g/mol. The maximum absolute atomic E-state index is 13.8. The van der Waals surface area contributed by atoms with Gasteiger partial charge in [-0.25, -0.2) is 8.78 Å². The summed E-state index contributed by atoms with van der Waals surface area (Å²) in [5, 5.41) is 4.42. The Hall–Kier alpha value is -4.06. The smallest absolute Gasteiger partial charge is 0.272 e. The maximum atomic E-state index is 13.8. The molecule has 0 unspecified atom stereocenters. The molecule has 2 heterocycles. The predicted octanol–water partition coefficient (Wildman–Crippen LogP) is 5.77. The van der Waals surface area contributed by atoms with Gasteiger partial charge >= 0.3 is 0 Å². The van der Waals surface area contributed by atoms with Gasteiger partial charge in [-0.2, -0.15) is 0 Å².